The van der Waals surface area contributed by atoms with Gasteiger partial charge in [0.2, 0.25) is 0 Å². The largest absolute Gasteiger partial charge is 0.453 e. The summed E-state index contributed by atoms with van der Waals surface area (Å²) in [5.41, 5.74) is 1.23. The van der Waals surface area contributed by atoms with Crippen LogP contribution in [0.2, 0.25) is 0 Å². The van der Waals surface area contributed by atoms with Gasteiger partial charge in [-0.2, -0.15) is 0 Å². The molecule has 6 heteroatoms. The molecule has 1 aliphatic heterocycles. The second-order valence-electron chi connectivity index (χ2n) is 5.03. The lowest BCUT2D eigenvalue weighted by Gasteiger charge is -2.21. The highest BCUT2D eigenvalue weighted by Crippen LogP contribution is 2.17. The quantitative estimate of drug-likeness (QED) is 0.878. The van der Waals surface area contributed by atoms with Crippen molar-refractivity contribution < 1.29 is 14.3 Å². The van der Waals surface area contributed by atoms with Crippen molar-refractivity contribution in [3.63, 3.8) is 0 Å². The normalized spacial score (nSPS) is 15.0. The summed E-state index contributed by atoms with van der Waals surface area (Å²) in [6.45, 7) is 1.60. The van der Waals surface area contributed by atoms with Crippen molar-refractivity contribution in [2.24, 2.45) is 0 Å². The predicted octanol–water partition coefficient (Wildman–Crippen LogP) is 3.27. The first-order valence-corrected chi connectivity index (χ1v) is 7.20. The Morgan fingerprint density at radius 1 is 1.05 bits per heavy atom. The molecule has 2 N–H and O–H groups in total. The van der Waals surface area contributed by atoms with Gasteiger partial charge in [0.15, 0.2) is 0 Å². The van der Waals surface area contributed by atoms with Gasteiger partial charge in [-0.15, -0.1) is 0 Å². The minimum Gasteiger partial charge on any atom is -0.453 e. The average molecular weight is 291 g/mol. The van der Waals surface area contributed by atoms with E-state index in [0.29, 0.717) is 11.4 Å². The lowest BCUT2D eigenvalue weighted by molar-refractivity contribution is 0.187. The van der Waals surface area contributed by atoms with Crippen LogP contribution < -0.4 is 10.6 Å². The number of carbonyl (C=O) groups excluding carboxylic acids is 2. The molecule has 0 saturated carbocycles. The molecule has 2 rings (SSSR count). The Morgan fingerprint density at radius 3 is 2.29 bits per heavy atom. The predicted molar refractivity (Wildman–Crippen MR) is 81.5 cm³/mol. The van der Waals surface area contributed by atoms with Crippen molar-refractivity contribution in [3.8, 4) is 0 Å². The number of carbonyl (C=O) groups is 2. The van der Waals surface area contributed by atoms with E-state index in [1.165, 1.54) is 20.0 Å². The maximum atomic E-state index is 12.2. The van der Waals surface area contributed by atoms with E-state index < -0.39 is 6.09 Å². The molecule has 3 amide bonds. The lowest BCUT2D eigenvalue weighted by Crippen LogP contribution is -2.35. The standard InChI is InChI=1S/C15H21N3O3/c1-21-15(20)17-13-8-6-7-12(11-13)16-14(19)18-9-4-2-3-5-10-18/h6-8,11H,2-5,9-10H2,1H3,(H,16,19)(H,17,20). The minimum atomic E-state index is -0.536. The van der Waals surface area contributed by atoms with Crippen molar-refractivity contribution in [1.29, 1.82) is 0 Å². The zero-order valence-corrected chi connectivity index (χ0v) is 12.2. The molecule has 6 nitrogen and oxygen atoms in total. The summed E-state index contributed by atoms with van der Waals surface area (Å²) in [4.78, 5) is 25.2. The Labute approximate surface area is 124 Å². The topological polar surface area (TPSA) is 70.7 Å². The second kappa shape index (κ2) is 7.52. The van der Waals surface area contributed by atoms with E-state index in [9.17, 15) is 9.59 Å². The van der Waals surface area contributed by atoms with Gasteiger partial charge in [0.1, 0.15) is 0 Å². The molecule has 21 heavy (non-hydrogen) atoms. The van der Waals surface area contributed by atoms with E-state index in [4.69, 9.17) is 0 Å². The number of nitrogens with one attached hydrogen (secondary N) is 2. The molecule has 0 unspecified atom stereocenters. The summed E-state index contributed by atoms with van der Waals surface area (Å²) in [6, 6.07) is 6.90. The maximum absolute atomic E-state index is 12.2. The second-order valence-corrected chi connectivity index (χ2v) is 5.03. The molecular weight excluding hydrogens is 270 g/mol. The molecule has 1 heterocycles. The summed E-state index contributed by atoms with van der Waals surface area (Å²) in [6.07, 6.45) is 3.94. The van der Waals surface area contributed by atoms with Gasteiger partial charge in [0.05, 0.1) is 7.11 Å². The van der Waals surface area contributed by atoms with Crippen LogP contribution in [0.4, 0.5) is 21.0 Å². The highest BCUT2D eigenvalue weighted by atomic mass is 16.5. The van der Waals surface area contributed by atoms with E-state index in [-0.39, 0.29) is 6.03 Å². The summed E-state index contributed by atoms with van der Waals surface area (Å²) >= 11 is 0. The first-order chi connectivity index (χ1) is 10.2. The number of hydrogen-bond acceptors (Lipinski definition) is 3. The number of rotatable bonds is 2. The molecule has 0 aromatic heterocycles. The third-order valence-corrected chi connectivity index (χ3v) is 3.44. The van der Waals surface area contributed by atoms with E-state index in [0.717, 1.165) is 25.9 Å². The van der Waals surface area contributed by atoms with Gasteiger partial charge in [-0.1, -0.05) is 18.9 Å². The van der Waals surface area contributed by atoms with E-state index in [1.54, 1.807) is 24.3 Å². The Hall–Kier alpha value is -2.24. The highest BCUT2D eigenvalue weighted by molar-refractivity contribution is 5.91. The Morgan fingerprint density at radius 2 is 1.67 bits per heavy atom. The van der Waals surface area contributed by atoms with E-state index in [2.05, 4.69) is 15.4 Å². The molecule has 0 aliphatic carbocycles. The van der Waals surface area contributed by atoms with Crippen LogP contribution >= 0.6 is 0 Å². The van der Waals surface area contributed by atoms with Crippen molar-refractivity contribution in [3.05, 3.63) is 24.3 Å². The maximum Gasteiger partial charge on any atom is 0.411 e. The summed E-state index contributed by atoms with van der Waals surface area (Å²) in [5, 5.41) is 5.43. The van der Waals surface area contributed by atoms with Crippen molar-refractivity contribution in [2.75, 3.05) is 30.8 Å². The van der Waals surface area contributed by atoms with Crippen LogP contribution in [-0.4, -0.2) is 37.2 Å². The number of amides is 3. The average Bonchev–Trinajstić information content (AvgIpc) is 2.76. The zero-order chi connectivity index (χ0) is 15.1. The van der Waals surface area contributed by atoms with E-state index >= 15 is 0 Å². The first-order valence-electron chi connectivity index (χ1n) is 7.20. The molecule has 1 fully saturated rings. The van der Waals surface area contributed by atoms with Crippen LogP contribution in [0.5, 0.6) is 0 Å². The zero-order valence-electron chi connectivity index (χ0n) is 12.2. The van der Waals surface area contributed by atoms with Crippen molar-refractivity contribution in [2.45, 2.75) is 25.7 Å². The SMILES string of the molecule is COC(=O)Nc1cccc(NC(=O)N2CCCCCC2)c1. The number of anilines is 2. The molecule has 0 radical (unpaired) electrons. The fourth-order valence-electron chi connectivity index (χ4n) is 2.32. The molecule has 1 aromatic carbocycles. The third kappa shape index (κ3) is 4.66. The highest BCUT2D eigenvalue weighted by Gasteiger charge is 2.15. The smallest absolute Gasteiger partial charge is 0.411 e. The number of benzene rings is 1. The number of nitrogens with zero attached hydrogens (tertiary/aromatic N) is 1. The van der Waals surface area contributed by atoms with Crippen LogP contribution in [0.15, 0.2) is 24.3 Å². The molecule has 1 saturated heterocycles. The Balaban J connectivity index is 1.96. The first kappa shape index (κ1) is 15.2. The fourth-order valence-corrected chi connectivity index (χ4v) is 2.32. The number of ether oxygens (including phenoxy) is 1. The molecule has 0 spiro atoms. The molecule has 1 aliphatic rings. The van der Waals surface area contributed by atoms with Crippen LogP contribution in [0, 0.1) is 0 Å². The van der Waals surface area contributed by atoms with Gasteiger partial charge in [-0.05, 0) is 31.0 Å². The number of methoxy groups -OCH3 is 1. The van der Waals surface area contributed by atoms with Crippen molar-refractivity contribution >= 4 is 23.5 Å². The van der Waals surface area contributed by atoms with Crippen LogP contribution in [0.1, 0.15) is 25.7 Å². The van der Waals surface area contributed by atoms with Crippen LogP contribution in [0.25, 0.3) is 0 Å². The fraction of sp³-hybridized carbons (Fsp3) is 0.467. The van der Waals surface area contributed by atoms with E-state index in [1.807, 2.05) is 4.90 Å². The van der Waals surface area contributed by atoms with Crippen LogP contribution in [-0.2, 0) is 4.74 Å². The summed E-state index contributed by atoms with van der Waals surface area (Å²) in [7, 11) is 1.31. The number of urea groups is 1. The lowest BCUT2D eigenvalue weighted by atomic mass is 10.2. The van der Waals surface area contributed by atoms with Gasteiger partial charge in [-0.25, -0.2) is 9.59 Å². The Kier molecular flexibility index (Phi) is 5.43. The Bertz CT molecular complexity index is 497. The third-order valence-electron chi connectivity index (χ3n) is 3.44. The minimum absolute atomic E-state index is 0.0906. The molecule has 0 atom stereocenters. The molecular formula is C15H21N3O3. The summed E-state index contributed by atoms with van der Waals surface area (Å²) in [5.74, 6) is 0. The molecule has 0 bridgehead atoms. The van der Waals surface area contributed by atoms with Crippen molar-refractivity contribution in [1.82, 2.24) is 4.90 Å². The van der Waals surface area contributed by atoms with Gasteiger partial charge >= 0.3 is 12.1 Å². The van der Waals surface area contributed by atoms with Gasteiger partial charge in [0, 0.05) is 24.5 Å². The van der Waals surface area contributed by atoms with Gasteiger partial charge in [-0.3, -0.25) is 5.32 Å². The van der Waals surface area contributed by atoms with Gasteiger partial charge in [0.25, 0.3) is 0 Å². The summed E-state index contributed by atoms with van der Waals surface area (Å²) < 4.78 is 4.54. The van der Waals surface area contributed by atoms with Gasteiger partial charge < -0.3 is 15.0 Å². The monoisotopic (exact) mass is 291 g/mol. The number of likely N-dealkylation sites (tertiary alicyclic amines) is 1. The van der Waals surface area contributed by atoms with Crippen LogP contribution in [0.3, 0.4) is 0 Å². The molecule has 114 valence electrons. The number of hydrogen-bond donors (Lipinski definition) is 2. The molecule has 1 aromatic rings.